The fourth-order valence-electron chi connectivity index (χ4n) is 2.84. The standard InChI is InChI=1S/C18H22N2O2S/c1-18(2)13-22-11-10-20(18)17(21)9-8-16-19-15(12-23-16)14-6-4-3-5-7-14/h3-7,12H,8-11,13H2,1-2H3. The average Bonchev–Trinajstić information content (AvgIpc) is 3.02. The third kappa shape index (κ3) is 3.79. The van der Waals surface area contributed by atoms with Crippen molar-refractivity contribution in [2.45, 2.75) is 32.2 Å². The van der Waals surface area contributed by atoms with Gasteiger partial charge in [0.1, 0.15) is 0 Å². The summed E-state index contributed by atoms with van der Waals surface area (Å²) in [4.78, 5) is 19.1. The van der Waals surface area contributed by atoms with Crippen LogP contribution in [0.15, 0.2) is 35.7 Å². The van der Waals surface area contributed by atoms with Gasteiger partial charge in [-0.15, -0.1) is 11.3 Å². The number of morpholine rings is 1. The lowest BCUT2D eigenvalue weighted by molar-refractivity contribution is -0.146. The molecule has 0 spiro atoms. The number of benzene rings is 1. The quantitative estimate of drug-likeness (QED) is 0.863. The average molecular weight is 330 g/mol. The van der Waals surface area contributed by atoms with E-state index in [4.69, 9.17) is 4.74 Å². The van der Waals surface area contributed by atoms with E-state index < -0.39 is 0 Å². The van der Waals surface area contributed by atoms with Crippen LogP contribution >= 0.6 is 11.3 Å². The van der Waals surface area contributed by atoms with Crippen LogP contribution in [-0.2, 0) is 16.0 Å². The van der Waals surface area contributed by atoms with Gasteiger partial charge >= 0.3 is 0 Å². The molecule has 0 aliphatic carbocycles. The second kappa shape index (κ2) is 6.81. The number of carbonyl (C=O) groups excluding carboxylic acids is 1. The highest BCUT2D eigenvalue weighted by molar-refractivity contribution is 7.09. The van der Waals surface area contributed by atoms with Crippen LogP contribution in [-0.4, -0.2) is 41.1 Å². The summed E-state index contributed by atoms with van der Waals surface area (Å²) in [6, 6.07) is 10.1. The summed E-state index contributed by atoms with van der Waals surface area (Å²) in [5.74, 6) is 0.190. The van der Waals surface area contributed by atoms with Gasteiger partial charge in [0.2, 0.25) is 5.91 Å². The van der Waals surface area contributed by atoms with E-state index in [9.17, 15) is 4.79 Å². The van der Waals surface area contributed by atoms with Crippen molar-refractivity contribution in [2.75, 3.05) is 19.8 Å². The highest BCUT2D eigenvalue weighted by Gasteiger charge is 2.33. The Balaban J connectivity index is 1.60. The highest BCUT2D eigenvalue weighted by Crippen LogP contribution is 2.24. The number of nitrogens with zero attached hydrogens (tertiary/aromatic N) is 2. The molecule has 1 aromatic carbocycles. The van der Waals surface area contributed by atoms with Crippen LogP contribution in [0.25, 0.3) is 11.3 Å². The van der Waals surface area contributed by atoms with Crippen LogP contribution in [0.1, 0.15) is 25.3 Å². The summed E-state index contributed by atoms with van der Waals surface area (Å²) in [6.07, 6.45) is 1.20. The first kappa shape index (κ1) is 16.1. The number of thiazole rings is 1. The molecule has 1 aromatic heterocycles. The molecule has 0 bridgehead atoms. The maximum absolute atomic E-state index is 12.5. The van der Waals surface area contributed by atoms with Crippen LogP contribution in [0.2, 0.25) is 0 Å². The van der Waals surface area contributed by atoms with Crippen molar-refractivity contribution in [3.05, 3.63) is 40.7 Å². The Hall–Kier alpha value is -1.72. The number of hydrogen-bond donors (Lipinski definition) is 0. The van der Waals surface area contributed by atoms with Crippen LogP contribution in [0.4, 0.5) is 0 Å². The number of amides is 1. The molecule has 3 rings (SSSR count). The van der Waals surface area contributed by atoms with Crippen molar-refractivity contribution in [3.8, 4) is 11.3 Å². The monoisotopic (exact) mass is 330 g/mol. The zero-order valence-corrected chi connectivity index (χ0v) is 14.4. The van der Waals surface area contributed by atoms with E-state index in [1.165, 1.54) is 0 Å². The molecule has 1 aliphatic heterocycles. The van der Waals surface area contributed by atoms with Crippen molar-refractivity contribution in [1.29, 1.82) is 0 Å². The maximum Gasteiger partial charge on any atom is 0.223 e. The SMILES string of the molecule is CC1(C)COCCN1C(=O)CCc1nc(-c2ccccc2)cs1. The Kier molecular flexibility index (Phi) is 4.78. The zero-order valence-electron chi connectivity index (χ0n) is 13.6. The van der Waals surface area contributed by atoms with Gasteiger partial charge in [0.05, 0.1) is 29.5 Å². The Morgan fingerprint density at radius 1 is 1.35 bits per heavy atom. The number of aryl methyl sites for hydroxylation is 1. The smallest absolute Gasteiger partial charge is 0.223 e. The molecule has 5 heteroatoms. The minimum absolute atomic E-state index is 0.190. The molecule has 122 valence electrons. The molecular weight excluding hydrogens is 308 g/mol. The number of rotatable bonds is 4. The Morgan fingerprint density at radius 3 is 2.87 bits per heavy atom. The van der Waals surface area contributed by atoms with E-state index in [1.54, 1.807) is 11.3 Å². The molecule has 1 amide bonds. The Morgan fingerprint density at radius 2 is 2.13 bits per heavy atom. The molecule has 0 radical (unpaired) electrons. The largest absolute Gasteiger partial charge is 0.377 e. The first-order chi connectivity index (χ1) is 11.1. The summed E-state index contributed by atoms with van der Waals surface area (Å²) in [5.41, 5.74) is 1.90. The number of carbonyl (C=O) groups is 1. The predicted octanol–water partition coefficient (Wildman–Crippen LogP) is 3.38. The van der Waals surface area contributed by atoms with Crippen LogP contribution in [0.3, 0.4) is 0 Å². The summed E-state index contributed by atoms with van der Waals surface area (Å²) < 4.78 is 5.48. The summed E-state index contributed by atoms with van der Waals surface area (Å²) in [6.45, 7) is 6.03. The van der Waals surface area contributed by atoms with Gasteiger partial charge in [-0.3, -0.25) is 4.79 Å². The molecule has 0 saturated carbocycles. The molecule has 0 atom stereocenters. The van der Waals surface area contributed by atoms with Crippen molar-refractivity contribution >= 4 is 17.2 Å². The second-order valence-corrected chi connectivity index (χ2v) is 7.35. The first-order valence-electron chi connectivity index (χ1n) is 7.94. The van der Waals surface area contributed by atoms with E-state index >= 15 is 0 Å². The van der Waals surface area contributed by atoms with Gasteiger partial charge in [-0.25, -0.2) is 4.98 Å². The summed E-state index contributed by atoms with van der Waals surface area (Å²) in [7, 11) is 0. The molecule has 4 nitrogen and oxygen atoms in total. The van der Waals surface area contributed by atoms with E-state index in [2.05, 4.69) is 36.3 Å². The van der Waals surface area contributed by atoms with Crippen molar-refractivity contribution < 1.29 is 9.53 Å². The van der Waals surface area contributed by atoms with Crippen molar-refractivity contribution in [2.24, 2.45) is 0 Å². The molecular formula is C18H22N2O2S. The van der Waals surface area contributed by atoms with Gasteiger partial charge in [-0.05, 0) is 13.8 Å². The van der Waals surface area contributed by atoms with Crippen molar-refractivity contribution in [1.82, 2.24) is 9.88 Å². The van der Waals surface area contributed by atoms with Crippen LogP contribution in [0, 0.1) is 0 Å². The Labute approximate surface area is 141 Å². The topological polar surface area (TPSA) is 42.4 Å². The first-order valence-corrected chi connectivity index (χ1v) is 8.82. The van der Waals surface area contributed by atoms with Gasteiger partial charge in [-0.1, -0.05) is 30.3 Å². The van der Waals surface area contributed by atoms with E-state index in [0.29, 0.717) is 32.6 Å². The van der Waals surface area contributed by atoms with Gasteiger partial charge in [0.25, 0.3) is 0 Å². The van der Waals surface area contributed by atoms with Crippen LogP contribution in [0.5, 0.6) is 0 Å². The van der Waals surface area contributed by atoms with Gasteiger partial charge in [0, 0.05) is 30.3 Å². The predicted molar refractivity (Wildman–Crippen MR) is 92.5 cm³/mol. The van der Waals surface area contributed by atoms with Gasteiger partial charge in [0.15, 0.2) is 0 Å². The van der Waals surface area contributed by atoms with E-state index in [0.717, 1.165) is 16.3 Å². The third-order valence-electron chi connectivity index (χ3n) is 4.12. The number of ether oxygens (including phenoxy) is 1. The lowest BCUT2D eigenvalue weighted by Gasteiger charge is -2.42. The molecule has 1 saturated heterocycles. The second-order valence-electron chi connectivity index (χ2n) is 6.40. The number of aromatic nitrogens is 1. The molecule has 1 fully saturated rings. The molecule has 2 heterocycles. The molecule has 23 heavy (non-hydrogen) atoms. The lowest BCUT2D eigenvalue weighted by atomic mass is 10.0. The Bertz CT molecular complexity index is 667. The third-order valence-corrected chi connectivity index (χ3v) is 5.03. The van der Waals surface area contributed by atoms with E-state index in [1.807, 2.05) is 23.1 Å². The highest BCUT2D eigenvalue weighted by atomic mass is 32.1. The molecule has 0 N–H and O–H groups in total. The molecule has 0 unspecified atom stereocenters. The fraction of sp³-hybridized carbons (Fsp3) is 0.444. The van der Waals surface area contributed by atoms with Gasteiger partial charge < -0.3 is 9.64 Å². The van der Waals surface area contributed by atoms with Gasteiger partial charge in [-0.2, -0.15) is 0 Å². The van der Waals surface area contributed by atoms with Crippen molar-refractivity contribution in [3.63, 3.8) is 0 Å². The maximum atomic E-state index is 12.5. The minimum Gasteiger partial charge on any atom is -0.377 e. The number of hydrogen-bond acceptors (Lipinski definition) is 4. The summed E-state index contributed by atoms with van der Waals surface area (Å²) in [5, 5.41) is 3.08. The van der Waals surface area contributed by atoms with E-state index in [-0.39, 0.29) is 11.4 Å². The lowest BCUT2D eigenvalue weighted by Crippen LogP contribution is -2.55. The minimum atomic E-state index is -0.215. The molecule has 1 aliphatic rings. The normalized spacial score (nSPS) is 17.2. The molecule has 2 aromatic rings. The summed E-state index contributed by atoms with van der Waals surface area (Å²) >= 11 is 1.63. The fourth-order valence-corrected chi connectivity index (χ4v) is 3.64. The zero-order chi connectivity index (χ0) is 16.3. The van der Waals surface area contributed by atoms with Crippen LogP contribution < -0.4 is 0 Å².